The smallest absolute Gasteiger partial charge is 0.162 e. The predicted molar refractivity (Wildman–Crippen MR) is 96.5 cm³/mol. The van der Waals surface area contributed by atoms with Crippen LogP contribution in [0.15, 0.2) is 12.1 Å². The van der Waals surface area contributed by atoms with Gasteiger partial charge in [0.1, 0.15) is 5.78 Å². The number of rotatable bonds is 4. The third-order valence-electron chi connectivity index (χ3n) is 6.55. The van der Waals surface area contributed by atoms with Crippen molar-refractivity contribution in [1.82, 2.24) is 0 Å². The van der Waals surface area contributed by atoms with E-state index in [9.17, 15) is 13.6 Å². The number of Topliss-reactive ketones (excluding diaryl/α,β-unsaturated/α-hetero) is 1. The molecule has 25 heavy (non-hydrogen) atoms. The molecule has 0 unspecified atom stereocenters. The molecular formula is C22H30F2O. The maximum atomic E-state index is 14.2. The van der Waals surface area contributed by atoms with Crippen LogP contribution in [0.2, 0.25) is 0 Å². The first-order chi connectivity index (χ1) is 12.0. The van der Waals surface area contributed by atoms with Gasteiger partial charge in [-0.15, -0.1) is 0 Å². The number of aryl methyl sites for hydroxylation is 1. The third kappa shape index (κ3) is 4.30. The van der Waals surface area contributed by atoms with Crippen molar-refractivity contribution in [1.29, 1.82) is 0 Å². The molecule has 0 aromatic heterocycles. The van der Waals surface area contributed by atoms with Gasteiger partial charge < -0.3 is 0 Å². The second-order valence-electron chi connectivity index (χ2n) is 8.44. The van der Waals surface area contributed by atoms with Crippen LogP contribution in [0.3, 0.4) is 0 Å². The zero-order valence-electron chi connectivity index (χ0n) is 15.5. The first-order valence-electron chi connectivity index (χ1n) is 9.93. The summed E-state index contributed by atoms with van der Waals surface area (Å²) in [5.74, 6) is 0.571. The van der Waals surface area contributed by atoms with Crippen molar-refractivity contribution in [2.45, 2.75) is 77.6 Å². The lowest BCUT2D eigenvalue weighted by Crippen LogP contribution is -2.25. The van der Waals surface area contributed by atoms with Gasteiger partial charge in [0.15, 0.2) is 11.6 Å². The molecule has 0 atom stereocenters. The van der Waals surface area contributed by atoms with Crippen LogP contribution in [0.4, 0.5) is 8.78 Å². The largest absolute Gasteiger partial charge is 0.299 e. The monoisotopic (exact) mass is 348 g/mol. The van der Waals surface area contributed by atoms with Crippen LogP contribution in [0, 0.1) is 36.3 Å². The molecule has 3 rings (SSSR count). The van der Waals surface area contributed by atoms with Crippen LogP contribution >= 0.6 is 0 Å². The minimum Gasteiger partial charge on any atom is -0.299 e. The van der Waals surface area contributed by atoms with Crippen LogP contribution in [-0.4, -0.2) is 5.78 Å². The first-order valence-corrected chi connectivity index (χ1v) is 9.93. The van der Waals surface area contributed by atoms with E-state index in [2.05, 4.69) is 6.92 Å². The average Bonchev–Trinajstić information content (AvgIpc) is 2.62. The minimum absolute atomic E-state index is 0.0506. The Hall–Kier alpha value is -1.25. The van der Waals surface area contributed by atoms with Crippen LogP contribution in [0.25, 0.3) is 0 Å². The van der Waals surface area contributed by atoms with E-state index in [0.717, 1.165) is 38.0 Å². The zero-order chi connectivity index (χ0) is 18.0. The minimum atomic E-state index is -0.720. The van der Waals surface area contributed by atoms with Crippen LogP contribution < -0.4 is 0 Å². The van der Waals surface area contributed by atoms with E-state index in [4.69, 9.17) is 0 Å². The molecule has 138 valence electrons. The number of ketones is 1. The second-order valence-corrected chi connectivity index (χ2v) is 8.44. The van der Waals surface area contributed by atoms with Gasteiger partial charge in [-0.3, -0.25) is 4.79 Å². The fourth-order valence-corrected chi connectivity index (χ4v) is 4.69. The molecule has 0 bridgehead atoms. The summed E-state index contributed by atoms with van der Waals surface area (Å²) in [6, 6.07) is 3.39. The maximum absolute atomic E-state index is 14.2. The molecule has 0 N–H and O–H groups in total. The molecule has 2 saturated carbocycles. The quantitative estimate of drug-likeness (QED) is 0.621. The Morgan fingerprint density at radius 1 is 0.960 bits per heavy atom. The normalized spacial score (nSPS) is 30.2. The highest BCUT2D eigenvalue weighted by Gasteiger charge is 2.30. The van der Waals surface area contributed by atoms with Crippen molar-refractivity contribution in [2.75, 3.05) is 0 Å². The topological polar surface area (TPSA) is 17.1 Å². The highest BCUT2D eigenvalue weighted by molar-refractivity contribution is 5.81. The van der Waals surface area contributed by atoms with E-state index >= 15 is 0 Å². The summed E-state index contributed by atoms with van der Waals surface area (Å²) in [5, 5.41) is 0. The predicted octanol–water partition coefficient (Wildman–Crippen LogP) is 6.33. The van der Waals surface area contributed by atoms with Gasteiger partial charge in [0.2, 0.25) is 0 Å². The lowest BCUT2D eigenvalue weighted by atomic mass is 9.74. The van der Waals surface area contributed by atoms with Gasteiger partial charge in [-0.1, -0.05) is 31.9 Å². The van der Waals surface area contributed by atoms with Gasteiger partial charge in [0.25, 0.3) is 0 Å². The third-order valence-corrected chi connectivity index (χ3v) is 6.55. The highest BCUT2D eigenvalue weighted by atomic mass is 19.2. The molecule has 0 aliphatic heterocycles. The summed E-state index contributed by atoms with van der Waals surface area (Å²) in [4.78, 5) is 12.6. The summed E-state index contributed by atoms with van der Waals surface area (Å²) >= 11 is 0. The van der Waals surface area contributed by atoms with Crippen molar-refractivity contribution in [3.05, 3.63) is 34.9 Å². The summed E-state index contributed by atoms with van der Waals surface area (Å²) in [6.45, 7) is 3.89. The molecule has 0 saturated heterocycles. The molecule has 2 fully saturated rings. The molecule has 1 nitrogen and oxygen atoms in total. The number of hydrogen-bond donors (Lipinski definition) is 0. The van der Waals surface area contributed by atoms with Gasteiger partial charge in [-0.25, -0.2) is 8.78 Å². The molecular weight excluding hydrogens is 318 g/mol. The molecule has 0 radical (unpaired) electrons. The zero-order valence-corrected chi connectivity index (χ0v) is 15.5. The summed E-state index contributed by atoms with van der Waals surface area (Å²) in [6.07, 6.45) is 8.84. The summed E-state index contributed by atoms with van der Waals surface area (Å²) < 4.78 is 28.0. The molecule has 0 amide bonds. The molecule has 1 aromatic rings. The van der Waals surface area contributed by atoms with E-state index in [0.29, 0.717) is 22.8 Å². The molecule has 0 heterocycles. The number of hydrogen-bond acceptors (Lipinski definition) is 1. The van der Waals surface area contributed by atoms with E-state index in [1.165, 1.54) is 25.7 Å². The maximum Gasteiger partial charge on any atom is 0.162 e. The van der Waals surface area contributed by atoms with Crippen molar-refractivity contribution in [3.63, 3.8) is 0 Å². The van der Waals surface area contributed by atoms with E-state index in [-0.39, 0.29) is 11.8 Å². The van der Waals surface area contributed by atoms with Crippen molar-refractivity contribution >= 4 is 5.78 Å². The molecule has 2 aliphatic carbocycles. The Bertz CT molecular complexity index is 609. The second kappa shape index (κ2) is 7.97. The Labute approximate surface area is 150 Å². The lowest BCUT2D eigenvalue weighted by molar-refractivity contribution is -0.125. The molecule has 3 heteroatoms. The fraction of sp³-hybridized carbons (Fsp3) is 0.682. The average molecular weight is 348 g/mol. The Balaban J connectivity index is 1.53. The van der Waals surface area contributed by atoms with Gasteiger partial charge in [0, 0.05) is 12.3 Å². The number of halogens is 2. The van der Waals surface area contributed by atoms with Crippen molar-refractivity contribution < 1.29 is 13.6 Å². The number of carbonyl (C=O) groups excluding carboxylic acids is 1. The van der Waals surface area contributed by atoms with Crippen LogP contribution in [0.5, 0.6) is 0 Å². The lowest BCUT2D eigenvalue weighted by Gasteiger charge is -2.30. The van der Waals surface area contributed by atoms with E-state index in [1.807, 2.05) is 0 Å². The Kier molecular flexibility index (Phi) is 5.91. The highest BCUT2D eigenvalue weighted by Crippen LogP contribution is 2.39. The summed E-state index contributed by atoms with van der Waals surface area (Å²) in [7, 11) is 0. The van der Waals surface area contributed by atoms with Gasteiger partial charge >= 0.3 is 0 Å². The Morgan fingerprint density at radius 2 is 1.60 bits per heavy atom. The Morgan fingerprint density at radius 3 is 2.24 bits per heavy atom. The van der Waals surface area contributed by atoms with E-state index < -0.39 is 11.6 Å². The number of benzene rings is 1. The van der Waals surface area contributed by atoms with Crippen molar-refractivity contribution in [2.24, 2.45) is 17.8 Å². The standard InChI is InChI=1S/C22H30F2O/c1-14-3-6-16(7-4-14)13-20(25)18-10-8-17(9-11-18)19-12-5-15(2)21(23)22(19)24/h5,12,14,16-18H,3-4,6-11,13H2,1-2H3. The van der Waals surface area contributed by atoms with Crippen molar-refractivity contribution in [3.8, 4) is 0 Å². The summed E-state index contributed by atoms with van der Waals surface area (Å²) in [5.41, 5.74) is 0.849. The van der Waals surface area contributed by atoms with Gasteiger partial charge in [-0.05, 0) is 74.3 Å². The molecule has 1 aromatic carbocycles. The van der Waals surface area contributed by atoms with Gasteiger partial charge in [-0.2, -0.15) is 0 Å². The van der Waals surface area contributed by atoms with Gasteiger partial charge in [0.05, 0.1) is 0 Å². The first kappa shape index (κ1) is 18.5. The molecule has 0 spiro atoms. The SMILES string of the molecule is Cc1ccc(C2CCC(C(=O)CC3CCC(C)CC3)CC2)c(F)c1F. The van der Waals surface area contributed by atoms with Crippen LogP contribution in [0.1, 0.15) is 81.8 Å². The fourth-order valence-electron chi connectivity index (χ4n) is 4.69. The van der Waals surface area contributed by atoms with E-state index in [1.54, 1.807) is 19.1 Å². The number of carbonyl (C=O) groups is 1. The van der Waals surface area contributed by atoms with Crippen LogP contribution in [-0.2, 0) is 4.79 Å². The molecule has 2 aliphatic rings.